The summed E-state index contributed by atoms with van der Waals surface area (Å²) in [7, 11) is 0. The van der Waals surface area contributed by atoms with E-state index < -0.39 is 0 Å². The Bertz CT molecular complexity index is 449. The molecule has 0 radical (unpaired) electrons. The van der Waals surface area contributed by atoms with Crippen LogP contribution in [0.4, 0.5) is 0 Å². The molecule has 0 amide bonds. The van der Waals surface area contributed by atoms with Gasteiger partial charge in [-0.1, -0.05) is 25.8 Å². The van der Waals surface area contributed by atoms with Gasteiger partial charge in [0.2, 0.25) is 0 Å². The lowest BCUT2D eigenvalue weighted by Crippen LogP contribution is -2.02. The summed E-state index contributed by atoms with van der Waals surface area (Å²) in [6.45, 7) is 11.3. The van der Waals surface area contributed by atoms with Gasteiger partial charge in [0.1, 0.15) is 5.75 Å². The van der Waals surface area contributed by atoms with Crippen LogP contribution in [0.2, 0.25) is 0 Å². The van der Waals surface area contributed by atoms with Gasteiger partial charge in [0.25, 0.3) is 0 Å². The van der Waals surface area contributed by atoms with E-state index in [1.54, 1.807) is 0 Å². The van der Waals surface area contributed by atoms with Crippen LogP contribution in [-0.2, 0) is 6.42 Å². The molecule has 0 saturated carbocycles. The average Bonchev–Trinajstić information content (AvgIpc) is 2.36. The van der Waals surface area contributed by atoms with E-state index in [1.807, 2.05) is 6.92 Å². The Morgan fingerprint density at radius 2 is 1.89 bits per heavy atom. The maximum atomic E-state index is 5.61. The van der Waals surface area contributed by atoms with Gasteiger partial charge < -0.3 is 4.74 Å². The largest absolute Gasteiger partial charge is 0.494 e. The molecule has 1 nitrogen and oxygen atoms in total. The van der Waals surface area contributed by atoms with Crippen LogP contribution in [0.25, 0.3) is 0 Å². The molecule has 1 aromatic rings. The monoisotopic (exact) mass is 244 g/mol. The van der Waals surface area contributed by atoms with E-state index in [1.165, 1.54) is 16.7 Å². The summed E-state index contributed by atoms with van der Waals surface area (Å²) < 4.78 is 5.61. The molecule has 0 aromatic heterocycles. The molecule has 18 heavy (non-hydrogen) atoms. The van der Waals surface area contributed by atoms with Gasteiger partial charge in [-0.3, -0.25) is 0 Å². The third-order valence-electron chi connectivity index (χ3n) is 3.20. The van der Waals surface area contributed by atoms with Gasteiger partial charge in [0, 0.05) is 12.3 Å². The Morgan fingerprint density at radius 1 is 1.17 bits per heavy atom. The lowest BCUT2D eigenvalue weighted by Gasteiger charge is -2.14. The Labute approximate surface area is 112 Å². The third kappa shape index (κ3) is 3.81. The van der Waals surface area contributed by atoms with Crippen LogP contribution in [-0.4, -0.2) is 6.61 Å². The zero-order valence-electron chi connectivity index (χ0n) is 12.3. The van der Waals surface area contributed by atoms with Gasteiger partial charge in [-0.15, -0.1) is 5.92 Å². The molecule has 0 saturated heterocycles. The molecule has 98 valence electrons. The molecule has 1 unspecified atom stereocenters. The lowest BCUT2D eigenvalue weighted by molar-refractivity contribution is 0.337. The highest BCUT2D eigenvalue weighted by Crippen LogP contribution is 2.25. The van der Waals surface area contributed by atoms with Crippen LogP contribution in [0.5, 0.6) is 5.75 Å². The summed E-state index contributed by atoms with van der Waals surface area (Å²) >= 11 is 0. The Balaban J connectivity index is 2.88. The highest BCUT2D eigenvalue weighted by Gasteiger charge is 2.09. The fraction of sp³-hybridized carbons (Fsp3) is 0.529. The predicted octanol–water partition coefficient (Wildman–Crippen LogP) is 4.29. The van der Waals surface area contributed by atoms with Gasteiger partial charge in [-0.05, 0) is 49.9 Å². The fourth-order valence-corrected chi connectivity index (χ4v) is 2.04. The molecule has 1 rings (SSSR count). The Morgan fingerprint density at radius 3 is 2.50 bits per heavy atom. The first kappa shape index (κ1) is 14.6. The van der Waals surface area contributed by atoms with Crippen molar-refractivity contribution >= 4 is 0 Å². The van der Waals surface area contributed by atoms with Crippen molar-refractivity contribution in [1.82, 2.24) is 0 Å². The van der Waals surface area contributed by atoms with E-state index in [4.69, 9.17) is 4.74 Å². The topological polar surface area (TPSA) is 9.23 Å². The molecule has 0 aliphatic heterocycles. The molecule has 0 heterocycles. The van der Waals surface area contributed by atoms with Crippen molar-refractivity contribution in [3.8, 4) is 17.6 Å². The molecule has 0 aliphatic rings. The standard InChI is InChI=1S/C17H24O/c1-6-8-9-13(3)12-16-10-11-17(18-7-2)15(5)14(16)4/h10-11,13H,6-7,12H2,1-5H3. The number of hydrogen-bond acceptors (Lipinski definition) is 1. The molecule has 0 aliphatic carbocycles. The van der Waals surface area contributed by atoms with Crippen molar-refractivity contribution in [2.24, 2.45) is 5.92 Å². The van der Waals surface area contributed by atoms with Gasteiger partial charge in [0.15, 0.2) is 0 Å². The normalized spacial score (nSPS) is 11.6. The van der Waals surface area contributed by atoms with Crippen LogP contribution >= 0.6 is 0 Å². The molecule has 1 heteroatoms. The molecular weight excluding hydrogens is 220 g/mol. The second kappa shape index (κ2) is 7.11. The first-order valence-corrected chi connectivity index (χ1v) is 6.80. The van der Waals surface area contributed by atoms with Crippen molar-refractivity contribution in [1.29, 1.82) is 0 Å². The smallest absolute Gasteiger partial charge is 0.122 e. The highest BCUT2D eigenvalue weighted by molar-refractivity contribution is 5.44. The van der Waals surface area contributed by atoms with E-state index in [9.17, 15) is 0 Å². The van der Waals surface area contributed by atoms with E-state index >= 15 is 0 Å². The van der Waals surface area contributed by atoms with E-state index in [0.717, 1.165) is 25.2 Å². The van der Waals surface area contributed by atoms with Gasteiger partial charge >= 0.3 is 0 Å². The molecule has 0 spiro atoms. The number of benzene rings is 1. The van der Waals surface area contributed by atoms with Crippen LogP contribution < -0.4 is 4.74 Å². The van der Waals surface area contributed by atoms with Gasteiger partial charge in [0.05, 0.1) is 6.61 Å². The van der Waals surface area contributed by atoms with Crippen LogP contribution in [0, 0.1) is 31.6 Å². The molecule has 0 fully saturated rings. The maximum Gasteiger partial charge on any atom is 0.122 e. The molecule has 1 aromatic carbocycles. The Hall–Kier alpha value is -1.42. The van der Waals surface area contributed by atoms with Crippen LogP contribution in [0.3, 0.4) is 0 Å². The van der Waals surface area contributed by atoms with Crippen molar-refractivity contribution < 1.29 is 4.74 Å². The van der Waals surface area contributed by atoms with E-state index in [-0.39, 0.29) is 0 Å². The minimum Gasteiger partial charge on any atom is -0.494 e. The molecular formula is C17H24O. The van der Waals surface area contributed by atoms with E-state index in [2.05, 4.69) is 51.7 Å². The predicted molar refractivity (Wildman–Crippen MR) is 78.0 cm³/mol. The number of ether oxygens (including phenoxy) is 1. The SMILES string of the molecule is CCC#CC(C)Cc1ccc(OCC)c(C)c1C. The summed E-state index contributed by atoms with van der Waals surface area (Å²) in [4.78, 5) is 0. The second-order valence-electron chi connectivity index (χ2n) is 4.69. The first-order valence-electron chi connectivity index (χ1n) is 6.80. The van der Waals surface area contributed by atoms with Crippen LogP contribution in [0.15, 0.2) is 12.1 Å². The Kier molecular flexibility index (Phi) is 5.78. The third-order valence-corrected chi connectivity index (χ3v) is 3.20. The second-order valence-corrected chi connectivity index (χ2v) is 4.69. The minimum atomic E-state index is 0.418. The van der Waals surface area contributed by atoms with Gasteiger partial charge in [-0.2, -0.15) is 0 Å². The maximum absolute atomic E-state index is 5.61. The van der Waals surface area contributed by atoms with Crippen molar-refractivity contribution in [3.05, 3.63) is 28.8 Å². The highest BCUT2D eigenvalue weighted by atomic mass is 16.5. The zero-order valence-corrected chi connectivity index (χ0v) is 12.3. The molecule has 0 bridgehead atoms. The van der Waals surface area contributed by atoms with E-state index in [0.29, 0.717) is 5.92 Å². The van der Waals surface area contributed by atoms with Crippen molar-refractivity contribution in [2.45, 2.75) is 47.5 Å². The summed E-state index contributed by atoms with van der Waals surface area (Å²) in [5.74, 6) is 7.87. The first-order chi connectivity index (χ1) is 8.60. The summed E-state index contributed by atoms with van der Waals surface area (Å²) in [6, 6.07) is 4.26. The summed E-state index contributed by atoms with van der Waals surface area (Å²) in [6.07, 6.45) is 1.96. The van der Waals surface area contributed by atoms with Crippen LogP contribution in [0.1, 0.15) is 43.9 Å². The molecule has 1 atom stereocenters. The average molecular weight is 244 g/mol. The van der Waals surface area contributed by atoms with Crippen molar-refractivity contribution in [2.75, 3.05) is 6.61 Å². The quantitative estimate of drug-likeness (QED) is 0.718. The zero-order chi connectivity index (χ0) is 13.5. The number of rotatable bonds is 4. The summed E-state index contributed by atoms with van der Waals surface area (Å²) in [5.41, 5.74) is 3.98. The van der Waals surface area contributed by atoms with Gasteiger partial charge in [-0.25, -0.2) is 0 Å². The fourth-order valence-electron chi connectivity index (χ4n) is 2.04. The number of hydrogen-bond donors (Lipinski definition) is 0. The van der Waals surface area contributed by atoms with Crippen molar-refractivity contribution in [3.63, 3.8) is 0 Å². The molecule has 0 N–H and O–H groups in total. The lowest BCUT2D eigenvalue weighted by atomic mass is 9.94. The minimum absolute atomic E-state index is 0.418. The summed E-state index contributed by atoms with van der Waals surface area (Å²) in [5, 5.41) is 0.